The summed E-state index contributed by atoms with van der Waals surface area (Å²) >= 11 is 0. The summed E-state index contributed by atoms with van der Waals surface area (Å²) in [6.45, 7) is 4.07. The van der Waals surface area contributed by atoms with Crippen molar-refractivity contribution in [3.8, 4) is 23.7 Å². The molecule has 6 amide bonds. The van der Waals surface area contributed by atoms with Gasteiger partial charge in [-0.1, -0.05) is 133 Å². The first-order chi connectivity index (χ1) is 33.5. The maximum Gasteiger partial charge on any atom is 0.246 e. The van der Waals surface area contributed by atoms with E-state index in [1.54, 1.807) is 32.8 Å². The Hall–Kier alpha value is -7.26. The zero-order valence-corrected chi connectivity index (χ0v) is 39.9. The first-order valence-electron chi connectivity index (χ1n) is 23.8. The van der Waals surface area contributed by atoms with E-state index < -0.39 is 60.1 Å². The summed E-state index contributed by atoms with van der Waals surface area (Å²) in [7, 11) is 3.30. The molecule has 0 aliphatic carbocycles. The molecule has 0 radical (unpaired) electrons. The lowest BCUT2D eigenvalue weighted by Crippen LogP contribution is -2.55. The lowest BCUT2D eigenvalue weighted by Gasteiger charge is -2.30. The topological polar surface area (TPSA) is 181 Å². The molecule has 69 heavy (non-hydrogen) atoms. The zero-order valence-electron chi connectivity index (χ0n) is 39.9. The zero-order chi connectivity index (χ0) is 49.1. The maximum absolute atomic E-state index is 14.3. The summed E-state index contributed by atoms with van der Waals surface area (Å²) in [5.74, 6) is 9.40. The number of carbonyl (C=O) groups is 6. The second kappa shape index (κ2) is 25.8. The number of likely N-dealkylation sites (tertiary alicyclic amines) is 2. The Morgan fingerprint density at radius 1 is 0.522 bits per heavy atom. The van der Waals surface area contributed by atoms with Crippen LogP contribution in [0.15, 0.2) is 121 Å². The Morgan fingerprint density at radius 2 is 0.884 bits per heavy atom. The number of carbonyl (C=O) groups excluding carboxylic acids is 6. The predicted molar refractivity (Wildman–Crippen MR) is 266 cm³/mol. The molecular formula is C55H64N8O6. The third-order valence-electron chi connectivity index (χ3n) is 12.8. The van der Waals surface area contributed by atoms with E-state index >= 15 is 0 Å². The Kier molecular flexibility index (Phi) is 19.1. The second-order valence-corrected chi connectivity index (χ2v) is 17.4. The summed E-state index contributed by atoms with van der Waals surface area (Å²) in [6.07, 6.45) is 2.45. The van der Waals surface area contributed by atoms with Crippen LogP contribution in [0, 0.1) is 23.7 Å². The lowest BCUT2D eigenvalue weighted by molar-refractivity contribution is -0.141. The molecule has 14 nitrogen and oxygen atoms in total. The third-order valence-corrected chi connectivity index (χ3v) is 12.8. The molecule has 2 saturated heterocycles. The van der Waals surface area contributed by atoms with Gasteiger partial charge in [0, 0.05) is 25.9 Å². The van der Waals surface area contributed by atoms with E-state index in [2.05, 4.69) is 55.6 Å². The second-order valence-electron chi connectivity index (χ2n) is 17.4. The van der Waals surface area contributed by atoms with E-state index in [0.717, 1.165) is 22.3 Å². The number of likely N-dealkylation sites (N-methyl/N-ethyl adjacent to an activating group) is 2. The predicted octanol–water partition coefficient (Wildman–Crippen LogP) is 4.14. The number of nitrogens with zero attached hydrogens (tertiary/aromatic N) is 2. The van der Waals surface area contributed by atoms with Gasteiger partial charge in [-0.05, 0) is 94.1 Å². The summed E-state index contributed by atoms with van der Waals surface area (Å²) in [5.41, 5.74) is 3.63. The van der Waals surface area contributed by atoms with Crippen LogP contribution in [-0.4, -0.2) is 109 Å². The van der Waals surface area contributed by atoms with Gasteiger partial charge in [0.25, 0.3) is 0 Å². The minimum Gasteiger partial charge on any atom is -0.343 e. The molecule has 0 bridgehead atoms. The average molecular weight is 933 g/mol. The highest BCUT2D eigenvalue weighted by atomic mass is 16.2. The van der Waals surface area contributed by atoms with Crippen molar-refractivity contribution in [2.45, 2.75) is 107 Å². The number of benzene rings is 4. The molecule has 0 unspecified atom stereocenters. The standard InChI is InChI=1S/C55H64N8O6/c1-38(56-3)50(64)58-44(54(68)62-36-22-34-46(62)52(66)60-48(40-24-12-8-13-25-40)41-26-14-9-15-27-41)32-20-6-5-7-21-33-45(59-51(65)39(2)57-4)55(69)63-37-23-35-47(63)53(67)61-49(42-28-16-10-17-29-42)43-30-18-11-19-31-43/h8-19,24-31,38-39,44-49,56-57H,20,22-23,32-37H2,1-4H3,(H,58,64)(H,59,65)(H,60,66)(H,61,67)/t38-,39-,44-,45-,46-,47-/m0/s1. The number of rotatable bonds is 19. The van der Waals surface area contributed by atoms with Crippen molar-refractivity contribution in [1.29, 1.82) is 0 Å². The van der Waals surface area contributed by atoms with Gasteiger partial charge in [-0.25, -0.2) is 0 Å². The SMILES string of the molecule is CN[C@@H](C)C(=O)N[C@@H](CC#CC#CCC[C@H](NC(=O)[C@H](C)NC)C(=O)N1CCC[C@H]1C(=O)NC(c1ccccc1)c1ccccc1)C(=O)N1CCC[C@H]1C(=O)NC(c1ccccc1)c1ccccc1. The van der Waals surface area contributed by atoms with E-state index in [-0.39, 0.29) is 42.9 Å². The highest BCUT2D eigenvalue weighted by molar-refractivity contribution is 5.95. The molecule has 6 rings (SSSR count). The van der Waals surface area contributed by atoms with Crippen LogP contribution < -0.4 is 31.9 Å². The normalized spacial score (nSPS) is 17.0. The van der Waals surface area contributed by atoms with E-state index in [1.165, 1.54) is 4.90 Å². The number of nitrogens with one attached hydrogen (secondary N) is 6. The molecule has 4 aromatic rings. The van der Waals surface area contributed by atoms with Crippen LogP contribution in [0.3, 0.4) is 0 Å². The van der Waals surface area contributed by atoms with Crippen molar-refractivity contribution in [1.82, 2.24) is 41.7 Å². The van der Waals surface area contributed by atoms with Gasteiger partial charge in [0.05, 0.1) is 24.2 Å². The van der Waals surface area contributed by atoms with Crippen LogP contribution in [0.2, 0.25) is 0 Å². The van der Waals surface area contributed by atoms with E-state index in [9.17, 15) is 28.8 Å². The van der Waals surface area contributed by atoms with Crippen LogP contribution in [-0.2, 0) is 28.8 Å². The molecule has 2 fully saturated rings. The maximum atomic E-state index is 14.3. The number of hydrogen-bond donors (Lipinski definition) is 6. The van der Waals surface area contributed by atoms with Gasteiger partial charge in [-0.15, -0.1) is 0 Å². The van der Waals surface area contributed by atoms with Gasteiger partial charge in [0.2, 0.25) is 35.4 Å². The molecule has 360 valence electrons. The molecule has 2 aliphatic heterocycles. The van der Waals surface area contributed by atoms with Gasteiger partial charge in [-0.2, -0.15) is 0 Å². The van der Waals surface area contributed by atoms with E-state index in [4.69, 9.17) is 0 Å². The number of amides is 6. The summed E-state index contributed by atoms with van der Waals surface area (Å²) < 4.78 is 0. The highest BCUT2D eigenvalue weighted by Gasteiger charge is 2.40. The molecule has 6 N–H and O–H groups in total. The first-order valence-corrected chi connectivity index (χ1v) is 23.8. The van der Waals surface area contributed by atoms with Gasteiger partial charge < -0.3 is 41.7 Å². The fraction of sp³-hybridized carbons (Fsp3) is 0.382. The number of hydrogen-bond acceptors (Lipinski definition) is 8. The van der Waals surface area contributed by atoms with Gasteiger partial charge in [0.1, 0.15) is 24.2 Å². The Morgan fingerprint density at radius 3 is 1.28 bits per heavy atom. The van der Waals surface area contributed by atoms with Crippen molar-refractivity contribution in [3.05, 3.63) is 144 Å². The molecule has 0 spiro atoms. The summed E-state index contributed by atoms with van der Waals surface area (Å²) in [4.78, 5) is 86.0. The minimum absolute atomic E-state index is 0.0654. The quantitative estimate of drug-likeness (QED) is 0.0760. The van der Waals surface area contributed by atoms with E-state index in [0.29, 0.717) is 38.8 Å². The van der Waals surface area contributed by atoms with Gasteiger partial charge >= 0.3 is 0 Å². The Labute approximate surface area is 406 Å². The smallest absolute Gasteiger partial charge is 0.246 e. The fourth-order valence-corrected chi connectivity index (χ4v) is 8.62. The van der Waals surface area contributed by atoms with Crippen LogP contribution in [0.5, 0.6) is 0 Å². The molecule has 0 aromatic heterocycles. The molecule has 0 saturated carbocycles. The van der Waals surface area contributed by atoms with Crippen molar-refractivity contribution < 1.29 is 28.8 Å². The Bertz CT molecular complexity index is 2410. The van der Waals surface area contributed by atoms with Crippen molar-refractivity contribution in [3.63, 3.8) is 0 Å². The van der Waals surface area contributed by atoms with Gasteiger partial charge in [-0.3, -0.25) is 28.8 Å². The molecule has 2 aliphatic rings. The minimum atomic E-state index is -1.05. The average Bonchev–Trinajstić information content (AvgIpc) is 4.10. The molecule has 4 aromatic carbocycles. The molecular weight excluding hydrogens is 869 g/mol. The lowest BCUT2D eigenvalue weighted by atomic mass is 9.98. The molecule has 14 heteroatoms. The fourth-order valence-electron chi connectivity index (χ4n) is 8.62. The third kappa shape index (κ3) is 13.9. The Balaban J connectivity index is 1.12. The van der Waals surface area contributed by atoms with Crippen LogP contribution in [0.25, 0.3) is 0 Å². The van der Waals surface area contributed by atoms with Crippen molar-refractivity contribution in [2.24, 2.45) is 0 Å². The van der Waals surface area contributed by atoms with Crippen LogP contribution in [0.4, 0.5) is 0 Å². The molecule has 6 atom stereocenters. The van der Waals surface area contributed by atoms with E-state index in [1.807, 2.05) is 121 Å². The van der Waals surface area contributed by atoms with Crippen LogP contribution in [0.1, 0.15) is 93.1 Å². The first kappa shape index (κ1) is 51.1. The molecule has 2 heterocycles. The largest absolute Gasteiger partial charge is 0.343 e. The highest BCUT2D eigenvalue weighted by Crippen LogP contribution is 2.27. The monoisotopic (exact) mass is 932 g/mol. The van der Waals surface area contributed by atoms with Crippen LogP contribution >= 0.6 is 0 Å². The van der Waals surface area contributed by atoms with Gasteiger partial charge in [0.15, 0.2) is 0 Å². The van der Waals surface area contributed by atoms with Crippen molar-refractivity contribution >= 4 is 35.4 Å². The summed E-state index contributed by atoms with van der Waals surface area (Å²) in [5, 5.41) is 17.9. The summed E-state index contributed by atoms with van der Waals surface area (Å²) in [6, 6.07) is 33.1. The van der Waals surface area contributed by atoms with Crippen molar-refractivity contribution in [2.75, 3.05) is 27.2 Å².